The Morgan fingerprint density at radius 3 is 2.35 bits per heavy atom. The van der Waals surface area contributed by atoms with Gasteiger partial charge in [-0.05, 0) is 98.8 Å². The molecule has 0 aliphatic carbocycles. The first kappa shape index (κ1) is 28.6. The number of hydrogen-bond acceptors (Lipinski definition) is 7. The van der Waals surface area contributed by atoms with Gasteiger partial charge in [0.1, 0.15) is 11.3 Å². The van der Waals surface area contributed by atoms with E-state index in [4.69, 9.17) is 4.74 Å². The Morgan fingerprint density at radius 1 is 1.07 bits per heavy atom. The third-order valence-corrected chi connectivity index (χ3v) is 7.16. The molecule has 13 heteroatoms. The van der Waals surface area contributed by atoms with Crippen LogP contribution < -0.4 is 20.3 Å². The number of aryl methyl sites for hydroxylation is 1. The number of imide groups is 2. The number of nitrogens with one attached hydrogen (secondary N) is 2. The van der Waals surface area contributed by atoms with E-state index >= 15 is 0 Å². The molecule has 11 nitrogen and oxygen atoms in total. The van der Waals surface area contributed by atoms with E-state index in [1.807, 2.05) is 26.0 Å². The SMILES string of the molecule is Cc1cccc(NC(=O)COc2c(Br)cc(/C=C3/C(=O)NC(=O)N(c4ccc([N+](=O)[O-])cc4)C3=O)cc2Br)c1C. The summed E-state index contributed by atoms with van der Waals surface area (Å²) in [7, 11) is 0. The summed E-state index contributed by atoms with van der Waals surface area (Å²) in [5.74, 6) is -1.85. The molecule has 0 aromatic heterocycles. The van der Waals surface area contributed by atoms with Gasteiger partial charge in [-0.3, -0.25) is 29.8 Å². The number of nitro benzene ring substituents is 1. The number of nitro groups is 1. The normalized spacial score (nSPS) is 14.2. The van der Waals surface area contributed by atoms with Gasteiger partial charge in [-0.1, -0.05) is 12.1 Å². The predicted octanol–water partition coefficient (Wildman–Crippen LogP) is 5.42. The van der Waals surface area contributed by atoms with Crippen molar-refractivity contribution in [2.24, 2.45) is 0 Å². The van der Waals surface area contributed by atoms with Crippen molar-refractivity contribution in [2.75, 3.05) is 16.8 Å². The van der Waals surface area contributed by atoms with Gasteiger partial charge in [0.15, 0.2) is 6.61 Å². The van der Waals surface area contributed by atoms with Crippen molar-refractivity contribution < 1.29 is 28.8 Å². The summed E-state index contributed by atoms with van der Waals surface area (Å²) in [4.78, 5) is 61.6. The van der Waals surface area contributed by atoms with Gasteiger partial charge < -0.3 is 10.1 Å². The minimum atomic E-state index is -0.980. The lowest BCUT2D eigenvalue weighted by molar-refractivity contribution is -0.384. The van der Waals surface area contributed by atoms with Crippen molar-refractivity contribution in [3.63, 3.8) is 0 Å². The summed E-state index contributed by atoms with van der Waals surface area (Å²) in [5.41, 5.74) is 2.58. The van der Waals surface area contributed by atoms with Crippen LogP contribution in [0.1, 0.15) is 16.7 Å². The lowest BCUT2D eigenvalue weighted by Gasteiger charge is -2.26. The van der Waals surface area contributed by atoms with Crippen molar-refractivity contribution >= 4 is 78.8 Å². The third kappa shape index (κ3) is 6.10. The van der Waals surface area contributed by atoms with Gasteiger partial charge >= 0.3 is 6.03 Å². The Kier molecular flexibility index (Phi) is 8.45. The second kappa shape index (κ2) is 11.8. The first-order valence-electron chi connectivity index (χ1n) is 11.6. The van der Waals surface area contributed by atoms with Gasteiger partial charge in [0, 0.05) is 17.8 Å². The van der Waals surface area contributed by atoms with Crippen molar-refractivity contribution in [3.05, 3.63) is 95.9 Å². The molecule has 0 spiro atoms. The molecular formula is C27H20Br2N4O7. The molecule has 4 rings (SSSR count). The van der Waals surface area contributed by atoms with E-state index in [-0.39, 0.29) is 29.5 Å². The summed E-state index contributed by atoms with van der Waals surface area (Å²) in [6.07, 6.45) is 1.29. The van der Waals surface area contributed by atoms with Crippen molar-refractivity contribution in [1.29, 1.82) is 0 Å². The van der Waals surface area contributed by atoms with E-state index in [9.17, 15) is 29.3 Å². The third-order valence-electron chi connectivity index (χ3n) is 5.98. The smallest absolute Gasteiger partial charge is 0.335 e. The topological polar surface area (TPSA) is 148 Å². The second-order valence-corrected chi connectivity index (χ2v) is 10.3. The molecule has 0 saturated carbocycles. The Bertz CT molecular complexity index is 1580. The van der Waals surface area contributed by atoms with Crippen LogP contribution in [0.15, 0.2) is 69.1 Å². The van der Waals surface area contributed by atoms with Gasteiger partial charge in [0.25, 0.3) is 23.4 Å². The molecule has 1 fully saturated rings. The van der Waals surface area contributed by atoms with Crippen molar-refractivity contribution in [2.45, 2.75) is 13.8 Å². The number of carbonyl (C=O) groups excluding carboxylic acids is 4. The molecule has 5 amide bonds. The molecule has 0 radical (unpaired) electrons. The maximum atomic E-state index is 13.1. The summed E-state index contributed by atoms with van der Waals surface area (Å²) in [5, 5.41) is 15.8. The highest BCUT2D eigenvalue weighted by Gasteiger charge is 2.37. The minimum absolute atomic E-state index is 0.0525. The Morgan fingerprint density at radius 2 is 1.73 bits per heavy atom. The van der Waals surface area contributed by atoms with Gasteiger partial charge in [0.05, 0.1) is 19.6 Å². The zero-order valence-electron chi connectivity index (χ0n) is 21.0. The molecule has 3 aromatic rings. The van der Waals surface area contributed by atoms with Crippen LogP contribution in [-0.4, -0.2) is 35.3 Å². The number of rotatable bonds is 7. The van der Waals surface area contributed by atoms with Crippen LogP contribution in [0.3, 0.4) is 0 Å². The number of amides is 5. The number of barbiturate groups is 1. The lowest BCUT2D eigenvalue weighted by Crippen LogP contribution is -2.54. The van der Waals surface area contributed by atoms with E-state index in [0.717, 1.165) is 23.3 Å². The number of non-ortho nitro benzene ring substituents is 1. The monoisotopic (exact) mass is 670 g/mol. The van der Waals surface area contributed by atoms with Crippen LogP contribution in [0.5, 0.6) is 5.75 Å². The zero-order chi connectivity index (χ0) is 29.1. The van der Waals surface area contributed by atoms with E-state index in [2.05, 4.69) is 42.5 Å². The number of hydrogen-bond donors (Lipinski definition) is 2. The molecule has 204 valence electrons. The fraction of sp³-hybridized carbons (Fsp3) is 0.111. The van der Waals surface area contributed by atoms with Gasteiger partial charge in [-0.25, -0.2) is 9.69 Å². The fourth-order valence-electron chi connectivity index (χ4n) is 3.79. The van der Waals surface area contributed by atoms with Gasteiger partial charge in [-0.15, -0.1) is 0 Å². The minimum Gasteiger partial charge on any atom is -0.481 e. The lowest BCUT2D eigenvalue weighted by atomic mass is 10.1. The Balaban J connectivity index is 1.52. The molecule has 1 aliphatic rings. The average Bonchev–Trinajstić information content (AvgIpc) is 2.89. The summed E-state index contributed by atoms with van der Waals surface area (Å²) >= 11 is 6.77. The summed E-state index contributed by atoms with van der Waals surface area (Å²) in [6, 6.07) is 12.5. The first-order chi connectivity index (χ1) is 19.0. The second-order valence-electron chi connectivity index (χ2n) is 8.63. The number of halogens is 2. The molecule has 1 saturated heterocycles. The van der Waals surface area contributed by atoms with Crippen LogP contribution >= 0.6 is 31.9 Å². The average molecular weight is 672 g/mol. The van der Waals surface area contributed by atoms with Crippen LogP contribution in [-0.2, 0) is 14.4 Å². The van der Waals surface area contributed by atoms with Crippen LogP contribution in [0, 0.1) is 24.0 Å². The maximum Gasteiger partial charge on any atom is 0.335 e. The highest BCUT2D eigenvalue weighted by molar-refractivity contribution is 9.11. The van der Waals surface area contributed by atoms with Gasteiger partial charge in [0.2, 0.25) is 0 Å². The van der Waals surface area contributed by atoms with E-state index in [0.29, 0.717) is 30.8 Å². The predicted molar refractivity (Wildman–Crippen MR) is 154 cm³/mol. The van der Waals surface area contributed by atoms with Crippen LogP contribution in [0.4, 0.5) is 21.9 Å². The highest BCUT2D eigenvalue weighted by atomic mass is 79.9. The first-order valence-corrected chi connectivity index (χ1v) is 13.2. The van der Waals surface area contributed by atoms with Crippen LogP contribution in [0.2, 0.25) is 0 Å². The molecule has 0 unspecified atom stereocenters. The standard InChI is InChI=1S/C27H20Br2N4O7/c1-14-4-3-5-22(15(14)2)30-23(34)13-40-24-20(28)11-16(12-21(24)29)10-19-25(35)31-27(37)32(26(19)36)17-6-8-18(9-7-17)33(38)39/h3-12H,13H2,1-2H3,(H,30,34)(H,31,35,37)/b19-10-. The quantitative estimate of drug-likeness (QED) is 0.147. The molecule has 0 bridgehead atoms. The highest BCUT2D eigenvalue weighted by Crippen LogP contribution is 2.36. The molecular weight excluding hydrogens is 652 g/mol. The number of benzene rings is 3. The number of carbonyl (C=O) groups is 4. The number of nitrogens with zero attached hydrogens (tertiary/aromatic N) is 2. The van der Waals surface area contributed by atoms with Gasteiger partial charge in [-0.2, -0.15) is 0 Å². The van der Waals surface area contributed by atoms with E-state index in [1.165, 1.54) is 18.2 Å². The van der Waals surface area contributed by atoms with E-state index in [1.54, 1.807) is 18.2 Å². The molecule has 3 aromatic carbocycles. The summed E-state index contributed by atoms with van der Waals surface area (Å²) in [6.45, 7) is 3.57. The number of ether oxygens (including phenoxy) is 1. The number of anilines is 2. The maximum absolute atomic E-state index is 13.1. The molecule has 40 heavy (non-hydrogen) atoms. The zero-order valence-corrected chi connectivity index (χ0v) is 24.2. The van der Waals surface area contributed by atoms with Crippen LogP contribution in [0.25, 0.3) is 6.08 Å². The number of urea groups is 1. The Hall–Kier alpha value is -4.36. The van der Waals surface area contributed by atoms with Crippen molar-refractivity contribution in [3.8, 4) is 5.75 Å². The molecule has 2 N–H and O–H groups in total. The molecule has 1 heterocycles. The Labute approximate surface area is 244 Å². The van der Waals surface area contributed by atoms with E-state index < -0.39 is 22.8 Å². The van der Waals surface area contributed by atoms with Crippen molar-refractivity contribution in [1.82, 2.24) is 5.32 Å². The molecule has 0 atom stereocenters. The largest absolute Gasteiger partial charge is 0.481 e. The molecule has 1 aliphatic heterocycles. The summed E-state index contributed by atoms with van der Waals surface area (Å²) < 4.78 is 6.56. The fourth-order valence-corrected chi connectivity index (χ4v) is 5.24.